The molecule has 6 nitrogen and oxygen atoms in total. The standard InChI is InChI=1S/C21H19ClN2O4S/c22-17-8-10-18(11-9-17)29(26,27)24-13-3-7-19(24)21(25)28-14-16-5-1-4-15-6-2-12-23-20(15)16/h1-2,4-6,8-12,19H,3,7,13-14H2/t19-/m0/s1. The monoisotopic (exact) mass is 430 g/mol. The zero-order valence-corrected chi connectivity index (χ0v) is 17.1. The quantitative estimate of drug-likeness (QED) is 0.575. The predicted molar refractivity (Wildman–Crippen MR) is 110 cm³/mol. The molecule has 0 N–H and O–H groups in total. The van der Waals surface area contributed by atoms with Crippen LogP contribution in [0, 0.1) is 0 Å². The first-order chi connectivity index (χ1) is 14.0. The molecule has 1 aromatic heterocycles. The van der Waals surface area contributed by atoms with Crippen molar-refractivity contribution in [1.82, 2.24) is 9.29 Å². The number of rotatable bonds is 5. The van der Waals surface area contributed by atoms with E-state index < -0.39 is 22.0 Å². The molecular weight excluding hydrogens is 412 g/mol. The first kappa shape index (κ1) is 19.8. The lowest BCUT2D eigenvalue weighted by molar-refractivity contribution is -0.148. The van der Waals surface area contributed by atoms with Gasteiger partial charge in [0.15, 0.2) is 0 Å². The van der Waals surface area contributed by atoms with Gasteiger partial charge in [0.1, 0.15) is 12.6 Å². The third-order valence-corrected chi connectivity index (χ3v) is 7.16. The van der Waals surface area contributed by atoms with Crippen LogP contribution >= 0.6 is 11.6 Å². The van der Waals surface area contributed by atoms with Crippen molar-refractivity contribution in [3.63, 3.8) is 0 Å². The molecule has 1 saturated heterocycles. The lowest BCUT2D eigenvalue weighted by atomic mass is 10.1. The zero-order chi connectivity index (χ0) is 20.4. The Balaban J connectivity index is 1.51. The van der Waals surface area contributed by atoms with Gasteiger partial charge >= 0.3 is 5.97 Å². The normalized spacial score (nSPS) is 17.5. The molecule has 150 valence electrons. The number of ether oxygens (including phenoxy) is 1. The van der Waals surface area contributed by atoms with Crippen LogP contribution in [0.5, 0.6) is 0 Å². The molecule has 1 atom stereocenters. The van der Waals surface area contributed by atoms with Gasteiger partial charge in [-0.3, -0.25) is 9.78 Å². The van der Waals surface area contributed by atoms with Crippen LogP contribution in [0.3, 0.4) is 0 Å². The van der Waals surface area contributed by atoms with Crippen molar-refractivity contribution in [2.45, 2.75) is 30.4 Å². The second-order valence-electron chi connectivity index (χ2n) is 6.83. The van der Waals surface area contributed by atoms with Crippen LogP contribution in [-0.2, 0) is 26.2 Å². The number of aromatic nitrogens is 1. The highest BCUT2D eigenvalue weighted by Gasteiger charge is 2.40. The third kappa shape index (κ3) is 3.99. The molecule has 2 aromatic carbocycles. The Labute approximate surface area is 174 Å². The predicted octanol–water partition coefficient (Wildman–Crippen LogP) is 3.78. The Hall–Kier alpha value is -2.48. The topological polar surface area (TPSA) is 76.6 Å². The van der Waals surface area contributed by atoms with E-state index in [0.29, 0.717) is 17.9 Å². The van der Waals surface area contributed by atoms with E-state index in [9.17, 15) is 13.2 Å². The molecule has 8 heteroatoms. The average molecular weight is 431 g/mol. The van der Waals surface area contributed by atoms with E-state index in [1.54, 1.807) is 6.20 Å². The number of nitrogens with zero attached hydrogens (tertiary/aromatic N) is 2. The molecule has 4 rings (SSSR count). The van der Waals surface area contributed by atoms with Crippen LogP contribution in [0.2, 0.25) is 5.02 Å². The number of carbonyl (C=O) groups excluding carboxylic acids is 1. The van der Waals surface area contributed by atoms with Gasteiger partial charge < -0.3 is 4.74 Å². The van der Waals surface area contributed by atoms with Gasteiger partial charge in [-0.25, -0.2) is 8.42 Å². The van der Waals surface area contributed by atoms with Gasteiger partial charge in [-0.1, -0.05) is 35.9 Å². The third-order valence-electron chi connectivity index (χ3n) is 4.98. The summed E-state index contributed by atoms with van der Waals surface area (Å²) < 4.78 is 32.7. The summed E-state index contributed by atoms with van der Waals surface area (Å²) in [7, 11) is -3.81. The molecular formula is C21H19ClN2O4S. The second kappa shape index (κ2) is 8.10. The van der Waals surface area contributed by atoms with Crippen molar-refractivity contribution in [3.05, 3.63) is 71.4 Å². The van der Waals surface area contributed by atoms with E-state index in [4.69, 9.17) is 16.3 Å². The fraction of sp³-hybridized carbons (Fsp3) is 0.238. The Morgan fingerprint density at radius 3 is 2.69 bits per heavy atom. The fourth-order valence-electron chi connectivity index (χ4n) is 3.53. The number of hydrogen-bond acceptors (Lipinski definition) is 5. The zero-order valence-electron chi connectivity index (χ0n) is 15.5. The van der Waals surface area contributed by atoms with Crippen LogP contribution in [-0.4, -0.2) is 36.3 Å². The highest BCUT2D eigenvalue weighted by Crippen LogP contribution is 2.28. The molecule has 0 saturated carbocycles. The molecule has 29 heavy (non-hydrogen) atoms. The fourth-order valence-corrected chi connectivity index (χ4v) is 5.31. The summed E-state index contributed by atoms with van der Waals surface area (Å²) in [5, 5.41) is 1.40. The van der Waals surface area contributed by atoms with Gasteiger partial charge in [0.2, 0.25) is 10.0 Å². The Morgan fingerprint density at radius 2 is 1.90 bits per heavy atom. The lowest BCUT2D eigenvalue weighted by Gasteiger charge is -2.23. The number of fused-ring (bicyclic) bond motifs is 1. The lowest BCUT2D eigenvalue weighted by Crippen LogP contribution is -2.41. The van der Waals surface area contributed by atoms with Crippen LogP contribution in [0.4, 0.5) is 0 Å². The molecule has 0 bridgehead atoms. The number of hydrogen-bond donors (Lipinski definition) is 0. The van der Waals surface area contributed by atoms with Gasteiger partial charge in [0.25, 0.3) is 0 Å². The van der Waals surface area contributed by atoms with Gasteiger partial charge in [-0.15, -0.1) is 0 Å². The minimum absolute atomic E-state index is 0.0402. The smallest absolute Gasteiger partial charge is 0.324 e. The molecule has 0 aliphatic carbocycles. The van der Waals surface area contributed by atoms with Crippen LogP contribution < -0.4 is 0 Å². The van der Waals surface area contributed by atoms with Gasteiger partial charge in [0.05, 0.1) is 10.4 Å². The maximum atomic E-state index is 13.0. The van der Waals surface area contributed by atoms with Crippen molar-refractivity contribution < 1.29 is 17.9 Å². The van der Waals surface area contributed by atoms with Gasteiger partial charge in [-0.05, 0) is 43.2 Å². The number of halogens is 1. The van der Waals surface area contributed by atoms with E-state index in [0.717, 1.165) is 16.5 Å². The SMILES string of the molecule is O=C(OCc1cccc2cccnc12)[C@@H]1CCCN1S(=O)(=O)c1ccc(Cl)cc1. The Bertz CT molecular complexity index is 1140. The minimum Gasteiger partial charge on any atom is -0.460 e. The summed E-state index contributed by atoms with van der Waals surface area (Å²) in [6, 6.07) is 14.5. The van der Waals surface area contributed by atoms with Gasteiger partial charge in [-0.2, -0.15) is 4.31 Å². The number of esters is 1. The Kier molecular flexibility index (Phi) is 5.54. The van der Waals surface area contributed by atoms with Crippen LogP contribution in [0.1, 0.15) is 18.4 Å². The number of carbonyl (C=O) groups is 1. The molecule has 3 aromatic rings. The van der Waals surface area contributed by atoms with Crippen molar-refractivity contribution in [1.29, 1.82) is 0 Å². The van der Waals surface area contributed by atoms with Crippen molar-refractivity contribution in [2.75, 3.05) is 6.54 Å². The van der Waals surface area contributed by atoms with Crippen molar-refractivity contribution in [3.8, 4) is 0 Å². The molecule has 0 unspecified atom stereocenters. The van der Waals surface area contributed by atoms with Gasteiger partial charge in [0, 0.05) is 28.7 Å². The molecule has 1 aliphatic rings. The first-order valence-corrected chi connectivity index (χ1v) is 11.1. The molecule has 0 spiro atoms. The van der Waals surface area contributed by atoms with Crippen molar-refractivity contribution in [2.24, 2.45) is 0 Å². The van der Waals surface area contributed by atoms with E-state index >= 15 is 0 Å². The number of para-hydroxylation sites is 1. The summed E-state index contributed by atoms with van der Waals surface area (Å²) in [6.45, 7) is 0.319. The average Bonchev–Trinajstić information content (AvgIpc) is 3.23. The Morgan fingerprint density at radius 1 is 1.14 bits per heavy atom. The van der Waals surface area contributed by atoms with E-state index in [-0.39, 0.29) is 18.0 Å². The largest absolute Gasteiger partial charge is 0.460 e. The number of pyridine rings is 1. The second-order valence-corrected chi connectivity index (χ2v) is 9.15. The summed E-state index contributed by atoms with van der Waals surface area (Å²) in [5.41, 5.74) is 1.54. The summed E-state index contributed by atoms with van der Waals surface area (Å²) in [5.74, 6) is -0.548. The number of sulfonamides is 1. The molecule has 0 amide bonds. The number of benzene rings is 2. The summed E-state index contributed by atoms with van der Waals surface area (Å²) in [4.78, 5) is 17.2. The van der Waals surface area contributed by atoms with E-state index in [2.05, 4.69) is 4.98 Å². The van der Waals surface area contributed by atoms with E-state index in [1.807, 2.05) is 30.3 Å². The summed E-state index contributed by atoms with van der Waals surface area (Å²) >= 11 is 5.85. The molecule has 1 fully saturated rings. The highest BCUT2D eigenvalue weighted by molar-refractivity contribution is 7.89. The van der Waals surface area contributed by atoms with Crippen LogP contribution in [0.25, 0.3) is 10.9 Å². The maximum absolute atomic E-state index is 13.0. The maximum Gasteiger partial charge on any atom is 0.324 e. The first-order valence-electron chi connectivity index (χ1n) is 9.23. The van der Waals surface area contributed by atoms with Crippen molar-refractivity contribution >= 4 is 38.5 Å². The molecule has 0 radical (unpaired) electrons. The van der Waals surface area contributed by atoms with E-state index in [1.165, 1.54) is 28.6 Å². The highest BCUT2D eigenvalue weighted by atomic mass is 35.5. The minimum atomic E-state index is -3.81. The van der Waals surface area contributed by atoms with Crippen LogP contribution in [0.15, 0.2) is 65.7 Å². The molecule has 2 heterocycles. The summed E-state index contributed by atoms with van der Waals surface area (Å²) in [6.07, 6.45) is 2.72. The molecule has 1 aliphatic heterocycles.